The third kappa shape index (κ3) is 2.81. The minimum absolute atomic E-state index is 0.0658. The first kappa shape index (κ1) is 13.8. The van der Waals surface area contributed by atoms with Crippen LogP contribution in [0.15, 0.2) is 42.5 Å². The lowest BCUT2D eigenvalue weighted by Gasteiger charge is -2.14. The van der Waals surface area contributed by atoms with Gasteiger partial charge in [0.2, 0.25) is 0 Å². The second-order valence-corrected chi connectivity index (χ2v) is 5.08. The van der Waals surface area contributed by atoms with Crippen molar-refractivity contribution in [3.63, 3.8) is 0 Å². The van der Waals surface area contributed by atoms with Crippen LogP contribution in [0.3, 0.4) is 0 Å². The van der Waals surface area contributed by atoms with Gasteiger partial charge in [-0.05, 0) is 30.2 Å². The van der Waals surface area contributed by atoms with Crippen molar-refractivity contribution < 1.29 is 19.0 Å². The number of rotatable bonds is 4. The summed E-state index contributed by atoms with van der Waals surface area (Å²) in [7, 11) is 0. The van der Waals surface area contributed by atoms with Crippen LogP contribution in [0.2, 0.25) is 0 Å². The Balaban J connectivity index is 1.71. The summed E-state index contributed by atoms with van der Waals surface area (Å²) in [6.45, 7) is 0.0658. The zero-order valence-electron chi connectivity index (χ0n) is 11.4. The predicted molar refractivity (Wildman–Crippen MR) is 75.9 cm³/mol. The maximum atomic E-state index is 12.8. The quantitative estimate of drug-likeness (QED) is 0.939. The molecule has 1 aliphatic carbocycles. The third-order valence-corrected chi connectivity index (χ3v) is 3.69. The molecule has 4 heteroatoms. The lowest BCUT2D eigenvalue weighted by molar-refractivity contribution is 0.0994. The number of Topliss-reactive ketones (excluding diaryl/α,β-unsaturated/α-hetero) is 1. The number of ether oxygens (including phenoxy) is 1. The van der Waals surface area contributed by atoms with Gasteiger partial charge in [-0.3, -0.25) is 4.79 Å². The summed E-state index contributed by atoms with van der Waals surface area (Å²) in [6, 6.07) is 11.0. The van der Waals surface area contributed by atoms with Crippen LogP contribution in [0.1, 0.15) is 34.0 Å². The largest absolute Gasteiger partial charge is 0.490 e. The molecule has 1 atom stereocenters. The summed E-state index contributed by atoms with van der Waals surface area (Å²) >= 11 is 0. The van der Waals surface area contributed by atoms with E-state index in [0.29, 0.717) is 29.7 Å². The number of halogens is 1. The highest BCUT2D eigenvalue weighted by Crippen LogP contribution is 2.31. The molecule has 0 amide bonds. The zero-order chi connectivity index (χ0) is 14.8. The first-order chi connectivity index (χ1) is 10.1. The topological polar surface area (TPSA) is 46.5 Å². The number of benzene rings is 2. The van der Waals surface area contributed by atoms with E-state index < -0.39 is 6.10 Å². The molecule has 0 unspecified atom stereocenters. The smallest absolute Gasteiger partial charge is 0.163 e. The molecule has 2 aromatic carbocycles. The molecule has 2 aromatic rings. The Bertz CT molecular complexity index is 664. The van der Waals surface area contributed by atoms with Crippen LogP contribution >= 0.6 is 0 Å². The van der Waals surface area contributed by atoms with Gasteiger partial charge >= 0.3 is 0 Å². The molecule has 0 spiro atoms. The second-order valence-electron chi connectivity index (χ2n) is 5.08. The minimum atomic E-state index is -0.835. The van der Waals surface area contributed by atoms with E-state index in [0.717, 1.165) is 5.56 Å². The second kappa shape index (κ2) is 5.66. The van der Waals surface area contributed by atoms with Gasteiger partial charge in [-0.1, -0.05) is 24.3 Å². The molecule has 3 nitrogen and oxygen atoms in total. The van der Waals surface area contributed by atoms with Gasteiger partial charge in [0, 0.05) is 17.5 Å². The number of aliphatic hydroxyl groups excluding tert-OH is 1. The molecule has 3 rings (SSSR count). The number of carbonyl (C=O) groups is 1. The molecule has 0 bridgehead atoms. The van der Waals surface area contributed by atoms with E-state index in [9.17, 15) is 14.3 Å². The van der Waals surface area contributed by atoms with E-state index in [4.69, 9.17) is 4.74 Å². The highest BCUT2D eigenvalue weighted by Gasteiger charge is 2.23. The average Bonchev–Trinajstić information content (AvgIpc) is 2.88. The Hall–Kier alpha value is -2.20. The van der Waals surface area contributed by atoms with E-state index >= 15 is 0 Å². The van der Waals surface area contributed by atoms with E-state index in [1.807, 2.05) is 0 Å². The van der Waals surface area contributed by atoms with E-state index in [2.05, 4.69) is 0 Å². The van der Waals surface area contributed by atoms with Crippen molar-refractivity contribution in [3.05, 3.63) is 65.0 Å². The molecule has 0 saturated heterocycles. The highest BCUT2D eigenvalue weighted by molar-refractivity contribution is 6.01. The summed E-state index contributed by atoms with van der Waals surface area (Å²) in [6.07, 6.45) is 0.353. The van der Waals surface area contributed by atoms with Crippen LogP contribution in [0.5, 0.6) is 5.75 Å². The van der Waals surface area contributed by atoms with Crippen LogP contribution in [0.25, 0.3) is 0 Å². The zero-order valence-corrected chi connectivity index (χ0v) is 11.4. The fourth-order valence-electron chi connectivity index (χ4n) is 2.54. The van der Waals surface area contributed by atoms with Crippen molar-refractivity contribution in [2.24, 2.45) is 0 Å². The fourth-order valence-corrected chi connectivity index (χ4v) is 2.54. The summed E-state index contributed by atoms with van der Waals surface area (Å²) in [5.41, 5.74) is 2.22. The summed E-state index contributed by atoms with van der Waals surface area (Å²) in [5.74, 6) is 0.431. The lowest BCUT2D eigenvalue weighted by Crippen LogP contribution is -2.10. The SMILES string of the molecule is O=C1CCc2c(OC[C@@H](O)c3ccc(F)cc3)cccc21. The minimum Gasteiger partial charge on any atom is -0.490 e. The van der Waals surface area contributed by atoms with Crippen molar-refractivity contribution in [2.45, 2.75) is 18.9 Å². The Kier molecular flexibility index (Phi) is 3.71. The van der Waals surface area contributed by atoms with Crippen molar-refractivity contribution in [1.82, 2.24) is 0 Å². The standard InChI is InChI=1S/C17H15FO3/c18-12-6-4-11(5-7-12)16(20)10-21-17-3-1-2-13-14(17)8-9-15(13)19/h1-7,16,20H,8-10H2/t16-/m1/s1. The van der Waals surface area contributed by atoms with Gasteiger partial charge in [-0.2, -0.15) is 0 Å². The molecule has 0 aromatic heterocycles. The molecule has 108 valence electrons. The molecule has 21 heavy (non-hydrogen) atoms. The van der Waals surface area contributed by atoms with Gasteiger partial charge in [0.1, 0.15) is 24.3 Å². The normalized spacial score (nSPS) is 14.9. The van der Waals surface area contributed by atoms with E-state index in [1.165, 1.54) is 24.3 Å². The molecule has 1 N–H and O–H groups in total. The molecule has 0 radical (unpaired) electrons. The van der Waals surface area contributed by atoms with Gasteiger partial charge in [0.25, 0.3) is 0 Å². The van der Waals surface area contributed by atoms with Crippen LogP contribution in [0, 0.1) is 5.82 Å². The average molecular weight is 286 g/mol. The summed E-state index contributed by atoms with van der Waals surface area (Å²) in [5, 5.41) is 10.1. The first-order valence-electron chi connectivity index (χ1n) is 6.86. The molecule has 0 heterocycles. The number of ketones is 1. The lowest BCUT2D eigenvalue weighted by atomic mass is 10.1. The third-order valence-electron chi connectivity index (χ3n) is 3.69. The van der Waals surface area contributed by atoms with Crippen molar-refractivity contribution >= 4 is 5.78 Å². The highest BCUT2D eigenvalue weighted by atomic mass is 19.1. The molecule has 0 saturated carbocycles. The van der Waals surface area contributed by atoms with Crippen molar-refractivity contribution in [2.75, 3.05) is 6.61 Å². The predicted octanol–water partition coefficient (Wildman–Crippen LogP) is 3.07. The van der Waals surface area contributed by atoms with Crippen molar-refractivity contribution in [1.29, 1.82) is 0 Å². The molecule has 1 aliphatic rings. The number of hydrogen-bond donors (Lipinski definition) is 1. The Morgan fingerprint density at radius 3 is 2.67 bits per heavy atom. The van der Waals surface area contributed by atoms with Gasteiger partial charge in [-0.15, -0.1) is 0 Å². The summed E-state index contributed by atoms with van der Waals surface area (Å²) < 4.78 is 18.5. The fraction of sp³-hybridized carbons (Fsp3) is 0.235. The van der Waals surface area contributed by atoms with Gasteiger partial charge in [0.05, 0.1) is 0 Å². The maximum absolute atomic E-state index is 12.8. The van der Waals surface area contributed by atoms with Gasteiger partial charge in [-0.25, -0.2) is 4.39 Å². The number of hydrogen-bond acceptors (Lipinski definition) is 3. The van der Waals surface area contributed by atoms with Crippen LogP contribution in [0.4, 0.5) is 4.39 Å². The Labute approximate surface area is 122 Å². The molecule has 0 fully saturated rings. The molecular formula is C17H15FO3. The van der Waals surface area contributed by atoms with Gasteiger partial charge < -0.3 is 9.84 Å². The van der Waals surface area contributed by atoms with Crippen LogP contribution in [-0.2, 0) is 6.42 Å². The van der Waals surface area contributed by atoms with Crippen LogP contribution < -0.4 is 4.74 Å². The Morgan fingerprint density at radius 1 is 1.14 bits per heavy atom. The first-order valence-corrected chi connectivity index (χ1v) is 6.86. The molecular weight excluding hydrogens is 271 g/mol. The summed E-state index contributed by atoms with van der Waals surface area (Å²) in [4.78, 5) is 11.7. The number of carbonyl (C=O) groups excluding carboxylic acids is 1. The molecule has 0 aliphatic heterocycles. The maximum Gasteiger partial charge on any atom is 0.163 e. The number of fused-ring (bicyclic) bond motifs is 1. The van der Waals surface area contributed by atoms with Crippen LogP contribution in [-0.4, -0.2) is 17.5 Å². The van der Waals surface area contributed by atoms with E-state index in [1.54, 1.807) is 18.2 Å². The Morgan fingerprint density at radius 2 is 1.90 bits per heavy atom. The van der Waals surface area contributed by atoms with Crippen molar-refractivity contribution in [3.8, 4) is 5.75 Å². The van der Waals surface area contributed by atoms with Gasteiger partial charge in [0.15, 0.2) is 5.78 Å². The monoisotopic (exact) mass is 286 g/mol. The van der Waals surface area contributed by atoms with E-state index in [-0.39, 0.29) is 18.2 Å². The number of aliphatic hydroxyl groups is 1.